The first-order valence-electron chi connectivity index (χ1n) is 4.69. The van der Waals surface area contributed by atoms with E-state index in [0.717, 1.165) is 0 Å². The van der Waals surface area contributed by atoms with E-state index in [4.69, 9.17) is 9.94 Å². The molecule has 0 aromatic carbocycles. The van der Waals surface area contributed by atoms with E-state index in [0.29, 0.717) is 30.9 Å². The molecule has 0 fully saturated rings. The van der Waals surface area contributed by atoms with Crippen molar-refractivity contribution in [3.63, 3.8) is 0 Å². The molecule has 0 saturated carbocycles. The Morgan fingerprint density at radius 2 is 1.64 bits per heavy atom. The van der Waals surface area contributed by atoms with Crippen LogP contribution in [-0.4, -0.2) is 42.6 Å². The second-order valence-corrected chi connectivity index (χ2v) is 3.03. The van der Waals surface area contributed by atoms with E-state index in [-0.39, 0.29) is 6.61 Å². The van der Waals surface area contributed by atoms with Gasteiger partial charge in [-0.1, -0.05) is 19.2 Å². The van der Waals surface area contributed by atoms with Crippen LogP contribution in [0.5, 0.6) is 0 Å². The highest BCUT2D eigenvalue weighted by molar-refractivity contribution is 4.70. The summed E-state index contributed by atoms with van der Waals surface area (Å²) in [4.78, 5) is 5.62. The Hall–Kier alpha value is -0.900. The van der Waals surface area contributed by atoms with Gasteiger partial charge in [0.1, 0.15) is 26.2 Å². The van der Waals surface area contributed by atoms with Crippen LogP contribution in [0.4, 0.5) is 0 Å². The number of rotatable bonds is 9. The molecule has 0 aliphatic rings. The molecule has 14 heavy (non-hydrogen) atoms. The molecule has 0 unspecified atom stereocenters. The van der Waals surface area contributed by atoms with Gasteiger partial charge in [-0.15, -0.1) is 6.58 Å². The highest BCUT2D eigenvalue weighted by Crippen LogP contribution is 2.08. The third kappa shape index (κ3) is 4.37. The van der Waals surface area contributed by atoms with Gasteiger partial charge in [0.05, 0.1) is 6.61 Å². The van der Waals surface area contributed by atoms with Crippen LogP contribution in [0.2, 0.25) is 0 Å². The molecule has 3 nitrogen and oxygen atoms in total. The summed E-state index contributed by atoms with van der Waals surface area (Å²) in [6, 6.07) is 0. The molecule has 0 rings (SSSR count). The van der Waals surface area contributed by atoms with Crippen LogP contribution >= 0.6 is 0 Å². The Morgan fingerprint density at radius 1 is 1.07 bits per heavy atom. The van der Waals surface area contributed by atoms with Crippen molar-refractivity contribution in [3.8, 4) is 0 Å². The van der Waals surface area contributed by atoms with Crippen molar-refractivity contribution in [1.29, 1.82) is 0 Å². The smallest absolute Gasteiger partial charge is 0.133 e. The van der Waals surface area contributed by atoms with Crippen LogP contribution in [0.3, 0.4) is 0 Å². The van der Waals surface area contributed by atoms with Crippen LogP contribution in [0, 0.1) is 0 Å². The number of hydrogen-bond acceptors (Lipinski definition) is 2. The van der Waals surface area contributed by atoms with Crippen molar-refractivity contribution in [2.24, 2.45) is 0 Å². The topological polar surface area (TPSA) is 29.5 Å². The summed E-state index contributed by atoms with van der Waals surface area (Å²) in [5.74, 6) is 0. The van der Waals surface area contributed by atoms with Crippen LogP contribution < -0.4 is 0 Å². The summed E-state index contributed by atoms with van der Waals surface area (Å²) in [5, 5.41) is 8.96. The van der Waals surface area contributed by atoms with E-state index in [1.165, 1.54) is 0 Å². The van der Waals surface area contributed by atoms with Gasteiger partial charge in [0.25, 0.3) is 0 Å². The van der Waals surface area contributed by atoms with Crippen molar-refractivity contribution >= 4 is 0 Å². The standard InChI is InChI=1S/C11H20NO2/c1-4-7-12(8-5-2,9-10-13)14-11-6-3/h4-6,13H,1-3,7-11H2/q+1. The van der Waals surface area contributed by atoms with Crippen molar-refractivity contribution in [2.75, 3.05) is 32.8 Å². The van der Waals surface area contributed by atoms with Gasteiger partial charge in [0.2, 0.25) is 0 Å². The number of hydroxylamine groups is 3. The second-order valence-electron chi connectivity index (χ2n) is 3.03. The number of aliphatic hydroxyl groups is 1. The van der Waals surface area contributed by atoms with Gasteiger partial charge < -0.3 is 5.11 Å². The molecule has 0 atom stereocenters. The zero-order valence-corrected chi connectivity index (χ0v) is 8.69. The molecule has 0 radical (unpaired) electrons. The zero-order valence-electron chi connectivity index (χ0n) is 8.69. The first-order valence-corrected chi connectivity index (χ1v) is 4.69. The minimum atomic E-state index is 0.0822. The molecule has 0 aromatic rings. The number of aliphatic hydroxyl groups excluding tert-OH is 1. The fraction of sp³-hybridized carbons (Fsp3) is 0.455. The van der Waals surface area contributed by atoms with Crippen molar-refractivity contribution in [1.82, 2.24) is 0 Å². The summed E-state index contributed by atoms with van der Waals surface area (Å²) in [7, 11) is 0. The Labute approximate surface area is 86.2 Å². The highest BCUT2D eigenvalue weighted by atomic mass is 16.7. The molecular weight excluding hydrogens is 178 g/mol. The van der Waals surface area contributed by atoms with Crippen LogP contribution in [-0.2, 0) is 4.84 Å². The van der Waals surface area contributed by atoms with Crippen molar-refractivity contribution < 1.29 is 14.6 Å². The van der Waals surface area contributed by atoms with E-state index in [1.807, 2.05) is 0 Å². The monoisotopic (exact) mass is 198 g/mol. The Balaban J connectivity index is 4.43. The summed E-state index contributed by atoms with van der Waals surface area (Å²) in [6.07, 6.45) is 5.25. The zero-order chi connectivity index (χ0) is 10.9. The van der Waals surface area contributed by atoms with Gasteiger partial charge in [-0.05, 0) is 12.2 Å². The molecular formula is C11H20NO2+. The van der Waals surface area contributed by atoms with Gasteiger partial charge in [-0.25, -0.2) is 0 Å². The maximum absolute atomic E-state index is 8.96. The van der Waals surface area contributed by atoms with E-state index < -0.39 is 0 Å². The third-order valence-corrected chi connectivity index (χ3v) is 1.90. The van der Waals surface area contributed by atoms with E-state index in [1.54, 1.807) is 18.2 Å². The molecule has 0 aromatic heterocycles. The normalized spacial score (nSPS) is 10.9. The average molecular weight is 198 g/mol. The van der Waals surface area contributed by atoms with E-state index >= 15 is 0 Å². The van der Waals surface area contributed by atoms with Crippen molar-refractivity contribution in [3.05, 3.63) is 38.0 Å². The molecule has 0 aliphatic carbocycles. The second kappa shape index (κ2) is 7.50. The van der Waals surface area contributed by atoms with Crippen LogP contribution in [0.25, 0.3) is 0 Å². The first-order chi connectivity index (χ1) is 6.74. The molecule has 0 bridgehead atoms. The van der Waals surface area contributed by atoms with Crippen LogP contribution in [0.1, 0.15) is 0 Å². The summed E-state index contributed by atoms with van der Waals surface area (Å²) < 4.78 is 0.329. The number of hydrogen-bond donors (Lipinski definition) is 1. The molecule has 3 heteroatoms. The molecule has 0 saturated heterocycles. The van der Waals surface area contributed by atoms with Crippen molar-refractivity contribution in [2.45, 2.75) is 0 Å². The van der Waals surface area contributed by atoms with Gasteiger partial charge in [0, 0.05) is 0 Å². The quantitative estimate of drug-likeness (QED) is 0.343. The first kappa shape index (κ1) is 13.1. The molecule has 0 heterocycles. The fourth-order valence-electron chi connectivity index (χ4n) is 1.29. The minimum absolute atomic E-state index is 0.0822. The lowest BCUT2D eigenvalue weighted by Gasteiger charge is -2.32. The summed E-state index contributed by atoms with van der Waals surface area (Å²) in [5.41, 5.74) is 0. The Morgan fingerprint density at radius 3 is 2.00 bits per heavy atom. The van der Waals surface area contributed by atoms with Gasteiger partial charge >= 0.3 is 0 Å². The third-order valence-electron chi connectivity index (χ3n) is 1.90. The largest absolute Gasteiger partial charge is 0.390 e. The van der Waals surface area contributed by atoms with Crippen LogP contribution in [0.15, 0.2) is 38.0 Å². The molecule has 1 N–H and O–H groups in total. The van der Waals surface area contributed by atoms with Gasteiger partial charge in [-0.2, -0.15) is 9.48 Å². The molecule has 0 amide bonds. The SMILES string of the molecule is C=CCO[N+](CC=C)(CC=C)CCO. The lowest BCUT2D eigenvalue weighted by molar-refractivity contribution is -1.10. The predicted octanol–water partition coefficient (Wildman–Crippen LogP) is 1.29. The van der Waals surface area contributed by atoms with Gasteiger partial charge in [-0.3, -0.25) is 0 Å². The Bertz CT molecular complexity index is 180. The molecule has 0 spiro atoms. The maximum atomic E-state index is 8.96. The average Bonchev–Trinajstić information content (AvgIpc) is 2.16. The maximum Gasteiger partial charge on any atom is 0.133 e. The lowest BCUT2D eigenvalue weighted by atomic mass is 10.4. The lowest BCUT2D eigenvalue weighted by Crippen LogP contribution is -2.50. The predicted molar refractivity (Wildman–Crippen MR) is 58.5 cm³/mol. The number of quaternary nitrogens is 1. The summed E-state index contributed by atoms with van der Waals surface area (Å²) in [6.45, 7) is 13.3. The fourth-order valence-corrected chi connectivity index (χ4v) is 1.29. The van der Waals surface area contributed by atoms with Gasteiger partial charge in [0.15, 0.2) is 0 Å². The Kier molecular flexibility index (Phi) is 7.02. The van der Waals surface area contributed by atoms with E-state index in [2.05, 4.69) is 19.7 Å². The number of nitrogens with zero attached hydrogens (tertiary/aromatic N) is 1. The molecule has 80 valence electrons. The minimum Gasteiger partial charge on any atom is -0.390 e. The van der Waals surface area contributed by atoms with E-state index in [9.17, 15) is 0 Å². The summed E-state index contributed by atoms with van der Waals surface area (Å²) >= 11 is 0. The highest BCUT2D eigenvalue weighted by Gasteiger charge is 2.25. The molecule has 0 aliphatic heterocycles.